The normalized spacial score (nSPS) is 8.67. The van der Waals surface area contributed by atoms with Gasteiger partial charge < -0.3 is 0 Å². The highest BCUT2D eigenvalue weighted by Crippen LogP contribution is 2.18. The van der Waals surface area contributed by atoms with E-state index >= 15 is 0 Å². The van der Waals surface area contributed by atoms with Crippen LogP contribution < -0.4 is 0 Å². The third-order valence-electron chi connectivity index (χ3n) is 1.61. The van der Waals surface area contributed by atoms with E-state index in [0.717, 1.165) is 0 Å². The van der Waals surface area contributed by atoms with Crippen LogP contribution in [0.2, 0.25) is 0 Å². The fourth-order valence-electron chi connectivity index (χ4n) is 0.720. The molecule has 0 aromatic rings. The van der Waals surface area contributed by atoms with Crippen LogP contribution in [-0.2, 0) is 0 Å². The Morgan fingerprint density at radius 1 is 0.750 bits per heavy atom. The van der Waals surface area contributed by atoms with Crippen LogP contribution in [-0.4, -0.2) is 0 Å². The molecule has 0 radical (unpaired) electrons. The number of rotatable bonds is 2. The van der Waals surface area contributed by atoms with Crippen molar-refractivity contribution in [1.82, 2.24) is 0 Å². The van der Waals surface area contributed by atoms with Crippen molar-refractivity contribution in [2.24, 2.45) is 17.8 Å². The Bertz CT molecular complexity index is 246. The molecule has 0 spiro atoms. The topological polar surface area (TPSA) is 95.2 Å². The van der Waals surface area contributed by atoms with Crippen LogP contribution in [0.25, 0.3) is 0 Å². The lowest BCUT2D eigenvalue weighted by Gasteiger charge is -2.09. The number of nitrogens with zero attached hydrogens (tertiary/aromatic N) is 4. The summed E-state index contributed by atoms with van der Waals surface area (Å²) in [6.45, 7) is 1.55. The molecule has 4 heteroatoms. The van der Waals surface area contributed by atoms with Gasteiger partial charge in [0.05, 0.1) is 24.3 Å². The van der Waals surface area contributed by atoms with Gasteiger partial charge in [-0.1, -0.05) is 6.92 Å². The molecule has 0 atom stereocenters. The molecular weight excluding hydrogens is 152 g/mol. The average molecular weight is 158 g/mol. The molecular formula is C8H6N4. The minimum absolute atomic E-state index is 0.519. The molecule has 0 aromatic carbocycles. The summed E-state index contributed by atoms with van der Waals surface area (Å²) >= 11 is 0. The van der Waals surface area contributed by atoms with E-state index < -0.39 is 17.8 Å². The Kier molecular flexibility index (Phi) is 3.92. The smallest absolute Gasteiger partial charge is 0.138 e. The zero-order valence-corrected chi connectivity index (χ0v) is 6.52. The highest BCUT2D eigenvalue weighted by Gasteiger charge is 2.25. The zero-order valence-electron chi connectivity index (χ0n) is 6.52. The van der Waals surface area contributed by atoms with Crippen LogP contribution in [0.15, 0.2) is 0 Å². The first-order valence-electron chi connectivity index (χ1n) is 3.29. The minimum Gasteiger partial charge on any atom is -0.197 e. The summed E-state index contributed by atoms with van der Waals surface area (Å²) in [5.74, 6) is -2.28. The molecule has 0 heterocycles. The van der Waals surface area contributed by atoms with E-state index in [1.165, 1.54) is 0 Å². The molecule has 0 N–H and O–H groups in total. The first-order valence-corrected chi connectivity index (χ1v) is 3.29. The molecule has 58 valence electrons. The lowest BCUT2D eigenvalue weighted by Crippen LogP contribution is -2.16. The lowest BCUT2D eigenvalue weighted by atomic mass is 9.86. The van der Waals surface area contributed by atoms with E-state index in [1.807, 2.05) is 0 Å². The van der Waals surface area contributed by atoms with Gasteiger partial charge >= 0.3 is 0 Å². The van der Waals surface area contributed by atoms with Gasteiger partial charge in [-0.15, -0.1) is 0 Å². The predicted molar refractivity (Wildman–Crippen MR) is 38.6 cm³/mol. The summed E-state index contributed by atoms with van der Waals surface area (Å²) in [4.78, 5) is 0. The van der Waals surface area contributed by atoms with Gasteiger partial charge in [0.1, 0.15) is 11.8 Å². The molecule has 0 saturated heterocycles. The highest BCUT2D eigenvalue weighted by atomic mass is 14.4. The van der Waals surface area contributed by atoms with Gasteiger partial charge in [0, 0.05) is 5.92 Å². The molecule has 0 fully saturated rings. The second kappa shape index (κ2) is 4.73. The first-order chi connectivity index (χ1) is 5.71. The largest absolute Gasteiger partial charge is 0.197 e. The van der Waals surface area contributed by atoms with Crippen molar-refractivity contribution in [3.8, 4) is 24.3 Å². The van der Waals surface area contributed by atoms with E-state index in [2.05, 4.69) is 0 Å². The Morgan fingerprint density at radius 3 is 1.17 bits per heavy atom. The summed E-state index contributed by atoms with van der Waals surface area (Å²) in [5.41, 5.74) is 0. The van der Waals surface area contributed by atoms with Crippen molar-refractivity contribution in [2.45, 2.75) is 6.92 Å². The standard InChI is InChI=1S/C8H6N4/c1-6(7(2-9)3-10)8(4-11)5-12/h6-8H,1H3. The van der Waals surface area contributed by atoms with Gasteiger partial charge in [-0.2, -0.15) is 21.0 Å². The summed E-state index contributed by atoms with van der Waals surface area (Å²) in [5, 5.41) is 33.8. The third kappa shape index (κ3) is 1.98. The highest BCUT2D eigenvalue weighted by molar-refractivity contribution is 5.11. The van der Waals surface area contributed by atoms with Crippen molar-refractivity contribution in [1.29, 1.82) is 21.0 Å². The van der Waals surface area contributed by atoms with Crippen LogP contribution in [0.1, 0.15) is 6.92 Å². The number of nitriles is 4. The van der Waals surface area contributed by atoms with Crippen molar-refractivity contribution < 1.29 is 0 Å². The van der Waals surface area contributed by atoms with Gasteiger partial charge in [0.15, 0.2) is 0 Å². The van der Waals surface area contributed by atoms with Crippen LogP contribution in [0.5, 0.6) is 0 Å². The third-order valence-corrected chi connectivity index (χ3v) is 1.61. The van der Waals surface area contributed by atoms with E-state index in [0.29, 0.717) is 0 Å². The molecule has 0 aliphatic rings. The molecule has 4 nitrogen and oxygen atoms in total. The summed E-state index contributed by atoms with van der Waals surface area (Å²) in [7, 11) is 0. The van der Waals surface area contributed by atoms with Crippen LogP contribution in [0, 0.1) is 63.1 Å². The van der Waals surface area contributed by atoms with Gasteiger partial charge in [-0.3, -0.25) is 0 Å². The van der Waals surface area contributed by atoms with Crippen molar-refractivity contribution in [3.05, 3.63) is 0 Å². The van der Waals surface area contributed by atoms with Gasteiger partial charge in [-0.25, -0.2) is 0 Å². The molecule has 0 saturated carbocycles. The Hall–Kier alpha value is -2.04. The molecule has 12 heavy (non-hydrogen) atoms. The molecule has 0 bridgehead atoms. The van der Waals surface area contributed by atoms with E-state index in [9.17, 15) is 0 Å². The second-order valence-electron chi connectivity index (χ2n) is 2.33. The molecule has 0 aliphatic carbocycles. The summed E-state index contributed by atoms with van der Waals surface area (Å²) in [6, 6.07) is 6.95. The monoisotopic (exact) mass is 158 g/mol. The fourth-order valence-corrected chi connectivity index (χ4v) is 0.720. The molecule has 0 rings (SSSR count). The van der Waals surface area contributed by atoms with Crippen LogP contribution in [0.4, 0.5) is 0 Å². The quantitative estimate of drug-likeness (QED) is 0.597. The van der Waals surface area contributed by atoms with E-state index in [4.69, 9.17) is 21.0 Å². The van der Waals surface area contributed by atoms with Gasteiger partial charge in [-0.05, 0) is 0 Å². The van der Waals surface area contributed by atoms with E-state index in [-0.39, 0.29) is 0 Å². The number of hydrogen-bond acceptors (Lipinski definition) is 4. The Morgan fingerprint density at radius 2 is 1.00 bits per heavy atom. The summed E-state index contributed by atoms with van der Waals surface area (Å²) in [6.07, 6.45) is 0. The van der Waals surface area contributed by atoms with Crippen LogP contribution >= 0.6 is 0 Å². The zero-order chi connectivity index (χ0) is 9.56. The SMILES string of the molecule is CC(C(C#N)C#N)C(C#N)C#N. The van der Waals surface area contributed by atoms with Crippen LogP contribution in [0.3, 0.4) is 0 Å². The Labute approximate surface area is 70.9 Å². The first kappa shape index (κ1) is 9.96. The van der Waals surface area contributed by atoms with Crippen molar-refractivity contribution >= 4 is 0 Å². The average Bonchev–Trinajstić information content (AvgIpc) is 2.09. The van der Waals surface area contributed by atoms with Gasteiger partial charge in [0.2, 0.25) is 0 Å². The maximum Gasteiger partial charge on any atom is 0.138 e. The van der Waals surface area contributed by atoms with E-state index in [1.54, 1.807) is 31.2 Å². The minimum atomic E-state index is -0.880. The molecule has 0 aromatic heterocycles. The summed E-state index contributed by atoms with van der Waals surface area (Å²) < 4.78 is 0. The maximum atomic E-state index is 8.45. The predicted octanol–water partition coefficient (Wildman–Crippen LogP) is 0.949. The fraction of sp³-hybridized carbons (Fsp3) is 0.500. The number of hydrogen-bond donors (Lipinski definition) is 0. The van der Waals surface area contributed by atoms with Crippen molar-refractivity contribution in [2.75, 3.05) is 0 Å². The molecule has 0 unspecified atom stereocenters. The van der Waals surface area contributed by atoms with Crippen molar-refractivity contribution in [3.63, 3.8) is 0 Å². The van der Waals surface area contributed by atoms with Gasteiger partial charge in [0.25, 0.3) is 0 Å². The maximum absolute atomic E-state index is 8.45. The second-order valence-corrected chi connectivity index (χ2v) is 2.33. The Balaban J connectivity index is 4.54. The molecule has 0 amide bonds. The molecule has 0 aliphatic heterocycles. The lowest BCUT2D eigenvalue weighted by molar-refractivity contribution is 0.458.